The number of methoxy groups -OCH3 is 1. The summed E-state index contributed by atoms with van der Waals surface area (Å²) in [6, 6.07) is 7.11. The zero-order chi connectivity index (χ0) is 13.8. The first-order valence-electron chi connectivity index (χ1n) is 5.74. The predicted octanol–water partition coefficient (Wildman–Crippen LogP) is 0.582. The molecule has 0 aliphatic rings. The van der Waals surface area contributed by atoms with Crippen molar-refractivity contribution in [3.8, 4) is 5.75 Å². The van der Waals surface area contributed by atoms with Gasteiger partial charge in [0.05, 0.1) is 18.8 Å². The Labute approximate surface area is 107 Å². The van der Waals surface area contributed by atoms with Crippen LogP contribution in [0.3, 0.4) is 0 Å². The Morgan fingerprint density at radius 2 is 2.00 bits per heavy atom. The van der Waals surface area contributed by atoms with Crippen molar-refractivity contribution >= 4 is 5.91 Å². The number of carbonyl (C=O) groups is 1. The van der Waals surface area contributed by atoms with E-state index >= 15 is 0 Å². The van der Waals surface area contributed by atoms with E-state index in [0.29, 0.717) is 0 Å². The first-order valence-corrected chi connectivity index (χ1v) is 5.74. The topological polar surface area (TPSA) is 84.6 Å². The zero-order valence-corrected chi connectivity index (χ0v) is 10.9. The van der Waals surface area contributed by atoms with Crippen molar-refractivity contribution in [1.29, 1.82) is 0 Å². The molecule has 0 aliphatic carbocycles. The van der Waals surface area contributed by atoms with Crippen LogP contribution in [0.25, 0.3) is 0 Å². The van der Waals surface area contributed by atoms with Gasteiger partial charge in [-0.1, -0.05) is 12.1 Å². The number of ether oxygens (including phenoxy) is 1. The fraction of sp³-hybridized carbons (Fsp3) is 0.462. The highest BCUT2D eigenvalue weighted by Gasteiger charge is 2.25. The third kappa shape index (κ3) is 3.72. The van der Waals surface area contributed by atoms with E-state index in [1.807, 2.05) is 0 Å². The molecule has 0 spiro atoms. The van der Waals surface area contributed by atoms with Gasteiger partial charge in [-0.25, -0.2) is 0 Å². The number of benzene rings is 1. The maximum Gasteiger partial charge on any atom is 0.237 e. The van der Waals surface area contributed by atoms with E-state index in [1.54, 1.807) is 45.2 Å². The fourth-order valence-electron chi connectivity index (χ4n) is 1.38. The van der Waals surface area contributed by atoms with Crippen molar-refractivity contribution in [3.63, 3.8) is 0 Å². The molecule has 1 rings (SSSR count). The van der Waals surface area contributed by atoms with Crippen LogP contribution in [0.1, 0.15) is 25.5 Å². The molecule has 1 amide bonds. The van der Waals surface area contributed by atoms with Crippen molar-refractivity contribution in [2.75, 3.05) is 13.7 Å². The van der Waals surface area contributed by atoms with E-state index < -0.39 is 17.6 Å². The largest absolute Gasteiger partial charge is 0.497 e. The monoisotopic (exact) mass is 252 g/mol. The maximum absolute atomic E-state index is 11.1. The Morgan fingerprint density at radius 1 is 1.44 bits per heavy atom. The fourth-order valence-corrected chi connectivity index (χ4v) is 1.38. The van der Waals surface area contributed by atoms with Crippen LogP contribution in [0.2, 0.25) is 0 Å². The van der Waals surface area contributed by atoms with E-state index in [2.05, 4.69) is 5.32 Å². The minimum absolute atomic E-state index is 0.252. The number of rotatable bonds is 6. The smallest absolute Gasteiger partial charge is 0.237 e. The van der Waals surface area contributed by atoms with Gasteiger partial charge in [-0.2, -0.15) is 0 Å². The van der Waals surface area contributed by atoms with E-state index in [-0.39, 0.29) is 6.54 Å². The van der Waals surface area contributed by atoms with Crippen LogP contribution in [0.15, 0.2) is 24.3 Å². The molecular weight excluding hydrogens is 232 g/mol. The molecule has 0 heterocycles. The summed E-state index contributed by atoms with van der Waals surface area (Å²) in [6.45, 7) is 3.61. The van der Waals surface area contributed by atoms with E-state index in [1.165, 1.54) is 0 Å². The Kier molecular flexibility index (Phi) is 4.69. The summed E-state index contributed by atoms with van der Waals surface area (Å²) in [6.07, 6.45) is -0.700. The lowest BCUT2D eigenvalue weighted by atomic mass is 10.0. The lowest BCUT2D eigenvalue weighted by Crippen LogP contribution is -2.51. The Morgan fingerprint density at radius 3 is 2.44 bits per heavy atom. The van der Waals surface area contributed by atoms with Crippen molar-refractivity contribution in [1.82, 2.24) is 5.32 Å². The SMILES string of the molecule is COc1ccc(C(O)CNC(C)(C)C(N)=O)cc1. The number of aliphatic hydroxyl groups is 1. The van der Waals surface area contributed by atoms with Gasteiger partial charge in [-0.15, -0.1) is 0 Å². The third-order valence-electron chi connectivity index (χ3n) is 2.85. The summed E-state index contributed by atoms with van der Waals surface area (Å²) >= 11 is 0. The van der Waals surface area contributed by atoms with Gasteiger partial charge in [-0.05, 0) is 31.5 Å². The molecule has 0 radical (unpaired) electrons. The number of aliphatic hydroxyl groups excluding tert-OH is 1. The van der Waals surface area contributed by atoms with E-state index in [9.17, 15) is 9.90 Å². The van der Waals surface area contributed by atoms with Crippen LogP contribution in [0, 0.1) is 0 Å². The van der Waals surface area contributed by atoms with E-state index in [4.69, 9.17) is 10.5 Å². The van der Waals surface area contributed by atoms with Crippen LogP contribution in [-0.4, -0.2) is 30.2 Å². The second kappa shape index (κ2) is 5.84. The Bertz CT molecular complexity index is 401. The van der Waals surface area contributed by atoms with Gasteiger partial charge < -0.3 is 20.9 Å². The standard InChI is InChI=1S/C13H20N2O3/c1-13(2,12(14)17)15-8-11(16)9-4-6-10(18-3)7-5-9/h4-7,11,15-16H,8H2,1-3H3,(H2,14,17). The average Bonchev–Trinajstić information content (AvgIpc) is 2.36. The summed E-state index contributed by atoms with van der Waals surface area (Å²) in [4.78, 5) is 11.1. The van der Waals surface area contributed by atoms with Gasteiger partial charge in [-0.3, -0.25) is 4.79 Å². The van der Waals surface area contributed by atoms with Crippen molar-refractivity contribution < 1.29 is 14.6 Å². The molecule has 100 valence electrons. The van der Waals surface area contributed by atoms with Crippen LogP contribution >= 0.6 is 0 Å². The number of hydrogen-bond donors (Lipinski definition) is 3. The van der Waals surface area contributed by atoms with Gasteiger partial charge in [0, 0.05) is 6.54 Å². The van der Waals surface area contributed by atoms with Crippen molar-refractivity contribution in [3.05, 3.63) is 29.8 Å². The highest BCUT2D eigenvalue weighted by molar-refractivity contribution is 5.83. The second-order valence-corrected chi connectivity index (χ2v) is 4.66. The van der Waals surface area contributed by atoms with E-state index in [0.717, 1.165) is 11.3 Å². The number of nitrogens with two attached hydrogens (primary N) is 1. The minimum Gasteiger partial charge on any atom is -0.497 e. The normalized spacial score (nSPS) is 13.1. The number of carbonyl (C=O) groups excluding carboxylic acids is 1. The molecule has 5 heteroatoms. The summed E-state index contributed by atoms with van der Waals surface area (Å²) in [5.74, 6) is 0.279. The molecule has 0 saturated heterocycles. The molecule has 5 nitrogen and oxygen atoms in total. The van der Waals surface area contributed by atoms with Gasteiger partial charge in [0.1, 0.15) is 5.75 Å². The molecule has 0 fully saturated rings. The summed E-state index contributed by atoms with van der Waals surface area (Å²) in [5.41, 5.74) is 5.15. The number of primary amides is 1. The summed E-state index contributed by atoms with van der Waals surface area (Å²) < 4.78 is 5.04. The van der Waals surface area contributed by atoms with Crippen LogP contribution in [0.5, 0.6) is 5.75 Å². The quantitative estimate of drug-likeness (QED) is 0.691. The second-order valence-electron chi connectivity index (χ2n) is 4.66. The predicted molar refractivity (Wildman–Crippen MR) is 69.2 cm³/mol. The number of hydrogen-bond acceptors (Lipinski definition) is 4. The number of nitrogens with one attached hydrogen (secondary N) is 1. The minimum atomic E-state index is -0.840. The molecular formula is C13H20N2O3. The van der Waals surface area contributed by atoms with Gasteiger partial charge >= 0.3 is 0 Å². The molecule has 1 aromatic rings. The molecule has 4 N–H and O–H groups in total. The first-order chi connectivity index (χ1) is 8.36. The van der Waals surface area contributed by atoms with Gasteiger partial charge in [0.15, 0.2) is 0 Å². The molecule has 0 aliphatic heterocycles. The van der Waals surface area contributed by atoms with Crippen LogP contribution in [0.4, 0.5) is 0 Å². The highest BCUT2D eigenvalue weighted by atomic mass is 16.5. The molecule has 0 aromatic heterocycles. The maximum atomic E-state index is 11.1. The molecule has 1 atom stereocenters. The number of β-amino-alcohol motifs (C(OH)–C–C–N with tert-alkyl or cyclic N) is 1. The van der Waals surface area contributed by atoms with Gasteiger partial charge in [0.2, 0.25) is 5.91 Å². The van der Waals surface area contributed by atoms with Crippen LogP contribution in [-0.2, 0) is 4.79 Å². The average molecular weight is 252 g/mol. The molecule has 0 saturated carbocycles. The number of amides is 1. The summed E-state index contributed by atoms with van der Waals surface area (Å²) in [7, 11) is 1.59. The zero-order valence-electron chi connectivity index (χ0n) is 10.9. The van der Waals surface area contributed by atoms with Crippen molar-refractivity contribution in [2.24, 2.45) is 5.73 Å². The molecule has 1 aromatic carbocycles. The molecule has 1 unspecified atom stereocenters. The highest BCUT2D eigenvalue weighted by Crippen LogP contribution is 2.17. The van der Waals surface area contributed by atoms with Crippen molar-refractivity contribution in [2.45, 2.75) is 25.5 Å². The van der Waals surface area contributed by atoms with Gasteiger partial charge in [0.25, 0.3) is 0 Å². The Hall–Kier alpha value is -1.59. The lowest BCUT2D eigenvalue weighted by molar-refractivity contribution is -0.123. The summed E-state index contributed by atoms with van der Waals surface area (Å²) in [5, 5.41) is 12.9. The molecule has 0 bridgehead atoms. The van der Waals surface area contributed by atoms with Crippen LogP contribution < -0.4 is 15.8 Å². The molecule has 18 heavy (non-hydrogen) atoms. The first kappa shape index (κ1) is 14.5. The lowest BCUT2D eigenvalue weighted by Gasteiger charge is -2.24. The Balaban J connectivity index is 2.59. The third-order valence-corrected chi connectivity index (χ3v) is 2.85.